The molecule has 0 saturated heterocycles. The zero-order valence-electron chi connectivity index (χ0n) is 12.9. The third-order valence-corrected chi connectivity index (χ3v) is 3.24. The third kappa shape index (κ3) is 2.98. The molecular weight excluding hydrogens is 288 g/mol. The molecule has 0 bridgehead atoms. The second kappa shape index (κ2) is 6.38. The summed E-state index contributed by atoms with van der Waals surface area (Å²) in [6, 6.07) is 3.45. The van der Waals surface area contributed by atoms with Crippen LogP contribution in [0.2, 0.25) is 0 Å². The lowest BCUT2D eigenvalue weighted by atomic mass is 10.2. The third-order valence-electron chi connectivity index (χ3n) is 3.24. The van der Waals surface area contributed by atoms with E-state index in [9.17, 15) is 9.59 Å². The second-order valence-electron chi connectivity index (χ2n) is 4.65. The molecule has 0 radical (unpaired) electrons. The topological polar surface area (TPSA) is 77.1 Å². The number of ether oxygens (including phenoxy) is 3. The Hall–Kier alpha value is -2.70. The summed E-state index contributed by atoms with van der Waals surface area (Å²) in [4.78, 5) is 24.2. The number of carbonyl (C=O) groups is 2. The minimum Gasteiger partial charge on any atom is -0.493 e. The van der Waals surface area contributed by atoms with Gasteiger partial charge in [-0.05, 0) is 0 Å². The number of hydrogen-bond acceptors (Lipinski definition) is 6. The summed E-state index contributed by atoms with van der Waals surface area (Å²) in [6.45, 7) is 1.57. The van der Waals surface area contributed by atoms with Crippen LogP contribution >= 0.6 is 0 Å². The van der Waals surface area contributed by atoms with Crippen LogP contribution in [0.3, 0.4) is 0 Å². The van der Waals surface area contributed by atoms with Gasteiger partial charge in [0.05, 0.1) is 27.9 Å². The minimum absolute atomic E-state index is 0.213. The average Bonchev–Trinajstić information content (AvgIpc) is 2.86. The first-order valence-electron chi connectivity index (χ1n) is 6.59. The van der Waals surface area contributed by atoms with Gasteiger partial charge in [-0.3, -0.25) is 14.5 Å². The highest BCUT2D eigenvalue weighted by atomic mass is 16.5. The number of hydrogen-bond donors (Lipinski definition) is 1. The molecule has 1 aliphatic heterocycles. The summed E-state index contributed by atoms with van der Waals surface area (Å²) in [5, 5.41) is 3.09. The molecule has 22 heavy (non-hydrogen) atoms. The Morgan fingerprint density at radius 2 is 1.73 bits per heavy atom. The highest BCUT2D eigenvalue weighted by Gasteiger charge is 2.25. The molecule has 0 fully saturated rings. The van der Waals surface area contributed by atoms with Crippen LogP contribution in [-0.4, -0.2) is 44.6 Å². The van der Waals surface area contributed by atoms with Gasteiger partial charge in [-0.1, -0.05) is 0 Å². The summed E-state index contributed by atoms with van der Waals surface area (Å²) in [5.74, 6) is 0.859. The number of nitrogens with zero attached hydrogens (tertiary/aromatic N) is 1. The first kappa shape index (κ1) is 15.7. The Morgan fingerprint density at radius 3 is 2.14 bits per heavy atom. The fourth-order valence-electron chi connectivity index (χ4n) is 2.20. The lowest BCUT2D eigenvalue weighted by Gasteiger charge is -2.16. The molecule has 2 amide bonds. The molecular formula is C15H18N2O5. The van der Waals surface area contributed by atoms with Crippen LogP contribution in [0.25, 0.3) is 0 Å². The molecule has 1 N–H and O–H groups in total. The Kier molecular flexibility index (Phi) is 4.55. The van der Waals surface area contributed by atoms with Crippen molar-refractivity contribution in [2.24, 2.45) is 0 Å². The van der Waals surface area contributed by atoms with Gasteiger partial charge in [-0.2, -0.15) is 0 Å². The lowest BCUT2D eigenvalue weighted by molar-refractivity contribution is -0.138. The normalized spacial score (nSPS) is 13.7. The maximum Gasteiger partial charge on any atom is 0.255 e. The molecule has 0 aliphatic carbocycles. The molecule has 0 spiro atoms. The molecule has 0 saturated carbocycles. The maximum atomic E-state index is 11.7. The molecule has 118 valence electrons. The molecule has 0 unspecified atom stereocenters. The molecule has 2 rings (SSSR count). The highest BCUT2D eigenvalue weighted by molar-refractivity contribution is 6.03. The molecule has 7 heteroatoms. The van der Waals surface area contributed by atoms with E-state index in [1.54, 1.807) is 12.1 Å². The zero-order valence-corrected chi connectivity index (χ0v) is 12.9. The summed E-state index contributed by atoms with van der Waals surface area (Å²) in [6.07, 6.45) is 1.39. The lowest BCUT2D eigenvalue weighted by Crippen LogP contribution is -2.31. The molecule has 7 nitrogen and oxygen atoms in total. The van der Waals surface area contributed by atoms with E-state index in [0.717, 1.165) is 4.90 Å². The van der Waals surface area contributed by atoms with Crippen molar-refractivity contribution in [2.75, 3.05) is 33.2 Å². The summed E-state index contributed by atoms with van der Waals surface area (Å²) in [5.41, 5.74) is 1.29. The van der Waals surface area contributed by atoms with Crippen molar-refractivity contribution in [3.8, 4) is 17.2 Å². The summed E-state index contributed by atoms with van der Waals surface area (Å²) in [7, 11) is 4.57. The number of imide groups is 1. The SMILES string of the molecule is COc1cc(NC2=CC(=O)N(C(C)=O)C2)cc(OC)c1OC. The second-order valence-corrected chi connectivity index (χ2v) is 4.65. The summed E-state index contributed by atoms with van der Waals surface area (Å²) < 4.78 is 15.8. The van der Waals surface area contributed by atoms with Crippen molar-refractivity contribution in [3.63, 3.8) is 0 Å². The van der Waals surface area contributed by atoms with Gasteiger partial charge in [0.1, 0.15) is 0 Å². The van der Waals surface area contributed by atoms with Crippen molar-refractivity contribution in [3.05, 3.63) is 23.9 Å². The van der Waals surface area contributed by atoms with Gasteiger partial charge in [0.25, 0.3) is 5.91 Å². The van der Waals surface area contributed by atoms with Gasteiger partial charge in [0, 0.05) is 36.5 Å². The van der Waals surface area contributed by atoms with Crippen molar-refractivity contribution >= 4 is 17.5 Å². The van der Waals surface area contributed by atoms with Gasteiger partial charge in [0.15, 0.2) is 11.5 Å². The number of benzene rings is 1. The predicted molar refractivity (Wildman–Crippen MR) is 80.2 cm³/mol. The van der Waals surface area contributed by atoms with Gasteiger partial charge >= 0.3 is 0 Å². The van der Waals surface area contributed by atoms with E-state index in [4.69, 9.17) is 14.2 Å². The molecule has 1 aromatic carbocycles. The molecule has 0 atom stereocenters. The maximum absolute atomic E-state index is 11.7. The minimum atomic E-state index is -0.331. The van der Waals surface area contributed by atoms with Crippen LogP contribution in [0.4, 0.5) is 5.69 Å². The van der Waals surface area contributed by atoms with Crippen molar-refractivity contribution in [1.82, 2.24) is 4.90 Å². The van der Waals surface area contributed by atoms with Gasteiger partial charge in [0.2, 0.25) is 11.7 Å². The zero-order chi connectivity index (χ0) is 16.3. The number of rotatable bonds is 5. The number of carbonyl (C=O) groups excluding carboxylic acids is 2. The van der Waals surface area contributed by atoms with E-state index in [1.807, 2.05) is 0 Å². The van der Waals surface area contributed by atoms with Crippen LogP contribution in [-0.2, 0) is 9.59 Å². The largest absolute Gasteiger partial charge is 0.493 e. The molecule has 0 aromatic heterocycles. The molecule has 1 heterocycles. The highest BCUT2D eigenvalue weighted by Crippen LogP contribution is 2.40. The van der Waals surface area contributed by atoms with E-state index in [2.05, 4.69) is 5.32 Å². The molecule has 1 aromatic rings. The Morgan fingerprint density at radius 1 is 1.14 bits per heavy atom. The average molecular weight is 306 g/mol. The quantitative estimate of drug-likeness (QED) is 0.886. The van der Waals surface area contributed by atoms with Crippen LogP contribution in [0.5, 0.6) is 17.2 Å². The van der Waals surface area contributed by atoms with E-state index in [0.29, 0.717) is 28.6 Å². The standard InChI is InChI=1S/C15H18N2O5/c1-9(18)17-8-11(7-14(17)19)16-10-5-12(20-2)15(22-4)13(6-10)21-3/h5-7,16H,8H2,1-4H3. The van der Waals surface area contributed by atoms with Gasteiger partial charge < -0.3 is 19.5 Å². The van der Waals surface area contributed by atoms with Crippen molar-refractivity contribution in [2.45, 2.75) is 6.92 Å². The van der Waals surface area contributed by atoms with Crippen LogP contribution in [0.15, 0.2) is 23.9 Å². The fourth-order valence-corrected chi connectivity index (χ4v) is 2.20. The first-order chi connectivity index (χ1) is 10.5. The Bertz CT molecular complexity index is 614. The number of amides is 2. The number of methoxy groups -OCH3 is 3. The van der Waals surface area contributed by atoms with E-state index in [1.165, 1.54) is 34.3 Å². The first-order valence-corrected chi connectivity index (χ1v) is 6.59. The van der Waals surface area contributed by atoms with E-state index in [-0.39, 0.29) is 18.4 Å². The Balaban J connectivity index is 2.26. The van der Waals surface area contributed by atoms with E-state index < -0.39 is 0 Å². The van der Waals surface area contributed by atoms with Crippen LogP contribution in [0, 0.1) is 0 Å². The monoisotopic (exact) mass is 306 g/mol. The van der Waals surface area contributed by atoms with Gasteiger partial charge in [-0.15, -0.1) is 0 Å². The van der Waals surface area contributed by atoms with E-state index >= 15 is 0 Å². The van der Waals surface area contributed by atoms with Crippen molar-refractivity contribution in [1.29, 1.82) is 0 Å². The number of nitrogens with one attached hydrogen (secondary N) is 1. The van der Waals surface area contributed by atoms with Crippen LogP contribution in [0.1, 0.15) is 6.92 Å². The van der Waals surface area contributed by atoms with Gasteiger partial charge in [-0.25, -0.2) is 0 Å². The smallest absolute Gasteiger partial charge is 0.255 e. The molecule has 1 aliphatic rings. The van der Waals surface area contributed by atoms with Crippen LogP contribution < -0.4 is 19.5 Å². The number of anilines is 1. The predicted octanol–water partition coefficient (Wildman–Crippen LogP) is 1.40. The Labute approximate surface area is 128 Å². The van der Waals surface area contributed by atoms with Crippen molar-refractivity contribution < 1.29 is 23.8 Å². The summed E-state index contributed by atoms with van der Waals surface area (Å²) >= 11 is 0. The fraction of sp³-hybridized carbons (Fsp3) is 0.333.